The van der Waals surface area contributed by atoms with Crippen molar-refractivity contribution in [1.29, 1.82) is 0 Å². The topological polar surface area (TPSA) is 18.5 Å². The van der Waals surface area contributed by atoms with Crippen LogP contribution in [0.5, 0.6) is 11.5 Å². The second-order valence-corrected chi connectivity index (χ2v) is 6.37. The van der Waals surface area contributed by atoms with Crippen LogP contribution in [0.2, 0.25) is 10.0 Å². The van der Waals surface area contributed by atoms with Crippen molar-refractivity contribution in [2.75, 3.05) is 14.2 Å². The molecule has 112 valence electrons. The van der Waals surface area contributed by atoms with Gasteiger partial charge in [0.1, 0.15) is 11.5 Å². The Balaban J connectivity index is 2.50. The first-order valence-electron chi connectivity index (χ1n) is 5.98. The Labute approximate surface area is 147 Å². The number of benzene rings is 2. The van der Waals surface area contributed by atoms with Gasteiger partial charge in [-0.05, 0) is 45.8 Å². The molecule has 0 radical (unpaired) electrons. The summed E-state index contributed by atoms with van der Waals surface area (Å²) in [5.41, 5.74) is 1.62. The number of ether oxygens (including phenoxy) is 2. The maximum atomic E-state index is 6.57. The molecule has 0 aromatic heterocycles. The molecule has 0 N–H and O–H groups in total. The fraction of sp³-hybridized carbons (Fsp3) is 0.200. The minimum atomic E-state index is -0.434. The highest BCUT2D eigenvalue weighted by molar-refractivity contribution is 9.10. The zero-order chi connectivity index (χ0) is 15.6. The van der Waals surface area contributed by atoms with Crippen LogP contribution in [0.3, 0.4) is 0 Å². The van der Waals surface area contributed by atoms with Crippen molar-refractivity contribution in [2.45, 2.75) is 5.38 Å². The smallest absolute Gasteiger partial charge is 0.133 e. The van der Waals surface area contributed by atoms with Crippen molar-refractivity contribution in [3.63, 3.8) is 0 Å². The van der Waals surface area contributed by atoms with E-state index in [1.165, 1.54) is 0 Å². The van der Waals surface area contributed by atoms with Crippen LogP contribution in [-0.2, 0) is 0 Å². The minimum absolute atomic E-state index is 0.434. The normalized spacial score (nSPS) is 12.1. The lowest BCUT2D eigenvalue weighted by Crippen LogP contribution is -1.99. The van der Waals surface area contributed by atoms with Gasteiger partial charge in [-0.3, -0.25) is 0 Å². The van der Waals surface area contributed by atoms with Crippen LogP contribution in [0.25, 0.3) is 0 Å². The molecule has 0 saturated heterocycles. The van der Waals surface area contributed by atoms with Crippen LogP contribution in [0, 0.1) is 0 Å². The van der Waals surface area contributed by atoms with E-state index in [0.29, 0.717) is 21.5 Å². The first-order valence-corrected chi connectivity index (χ1v) is 7.97. The summed E-state index contributed by atoms with van der Waals surface area (Å²) in [5, 5.41) is 0.518. The molecule has 0 bridgehead atoms. The lowest BCUT2D eigenvalue weighted by molar-refractivity contribution is 0.397. The molecule has 2 aromatic carbocycles. The number of hydrogen-bond donors (Lipinski definition) is 0. The number of halogens is 4. The van der Waals surface area contributed by atoms with Gasteiger partial charge >= 0.3 is 0 Å². The van der Waals surface area contributed by atoms with Crippen LogP contribution < -0.4 is 9.47 Å². The van der Waals surface area contributed by atoms with E-state index < -0.39 is 5.38 Å². The summed E-state index contributed by atoms with van der Waals surface area (Å²) in [5.74, 6) is 1.34. The molecule has 0 spiro atoms. The van der Waals surface area contributed by atoms with Crippen molar-refractivity contribution in [3.8, 4) is 11.5 Å². The SMILES string of the molecule is COc1cc(C(Cl)c2ccc(Cl)c(Cl)c2)c(OC)cc1Br. The fourth-order valence-corrected chi connectivity index (χ4v) is 3.03. The summed E-state index contributed by atoms with van der Waals surface area (Å²) < 4.78 is 11.5. The molecule has 0 fully saturated rings. The maximum Gasteiger partial charge on any atom is 0.133 e. The maximum absolute atomic E-state index is 6.57. The molecule has 0 heterocycles. The van der Waals surface area contributed by atoms with Gasteiger partial charge in [0, 0.05) is 5.56 Å². The van der Waals surface area contributed by atoms with E-state index in [0.717, 1.165) is 15.6 Å². The zero-order valence-corrected chi connectivity index (χ0v) is 15.1. The number of alkyl halides is 1. The third-order valence-electron chi connectivity index (χ3n) is 3.01. The van der Waals surface area contributed by atoms with Crippen LogP contribution in [0.15, 0.2) is 34.8 Å². The molecule has 2 aromatic rings. The molecule has 0 saturated carbocycles. The molecule has 0 aliphatic rings. The highest BCUT2D eigenvalue weighted by atomic mass is 79.9. The molecule has 0 aliphatic carbocycles. The van der Waals surface area contributed by atoms with Gasteiger partial charge in [-0.15, -0.1) is 11.6 Å². The van der Waals surface area contributed by atoms with E-state index >= 15 is 0 Å². The van der Waals surface area contributed by atoms with E-state index in [-0.39, 0.29) is 0 Å². The van der Waals surface area contributed by atoms with E-state index in [2.05, 4.69) is 15.9 Å². The third kappa shape index (κ3) is 3.59. The van der Waals surface area contributed by atoms with Gasteiger partial charge in [0.25, 0.3) is 0 Å². The molecule has 1 atom stereocenters. The summed E-state index contributed by atoms with van der Waals surface area (Å²) >= 11 is 22.0. The Morgan fingerprint density at radius 2 is 1.62 bits per heavy atom. The summed E-state index contributed by atoms with van der Waals surface area (Å²) in [4.78, 5) is 0. The van der Waals surface area contributed by atoms with Gasteiger partial charge in [-0.1, -0.05) is 29.3 Å². The summed E-state index contributed by atoms with van der Waals surface area (Å²) in [6, 6.07) is 8.96. The molecule has 0 amide bonds. The summed E-state index contributed by atoms with van der Waals surface area (Å²) in [7, 11) is 3.19. The van der Waals surface area contributed by atoms with E-state index in [4.69, 9.17) is 44.3 Å². The quantitative estimate of drug-likeness (QED) is 0.567. The van der Waals surface area contributed by atoms with E-state index in [1.54, 1.807) is 26.4 Å². The second kappa shape index (κ2) is 7.10. The van der Waals surface area contributed by atoms with Gasteiger partial charge < -0.3 is 9.47 Å². The van der Waals surface area contributed by atoms with E-state index in [9.17, 15) is 0 Å². The molecule has 2 nitrogen and oxygen atoms in total. The van der Waals surface area contributed by atoms with E-state index in [1.807, 2.05) is 18.2 Å². The molecule has 2 rings (SSSR count). The number of hydrogen-bond acceptors (Lipinski definition) is 2. The third-order valence-corrected chi connectivity index (χ3v) is 4.86. The molecular formula is C15H12BrCl3O2. The van der Waals surface area contributed by atoms with Crippen LogP contribution in [0.1, 0.15) is 16.5 Å². The standard InChI is InChI=1S/C15H12BrCl3O2/c1-20-13-7-10(16)14(21-2)6-9(13)15(19)8-3-4-11(17)12(18)5-8/h3-7,15H,1-2H3. The number of rotatable bonds is 4. The molecular weight excluding hydrogens is 398 g/mol. The van der Waals surface area contributed by atoms with Gasteiger partial charge in [0.2, 0.25) is 0 Å². The minimum Gasteiger partial charge on any atom is -0.496 e. The van der Waals surface area contributed by atoms with Crippen molar-refractivity contribution in [1.82, 2.24) is 0 Å². The Hall–Kier alpha value is -0.610. The molecule has 1 unspecified atom stereocenters. The van der Waals surface area contributed by atoms with Gasteiger partial charge in [0.15, 0.2) is 0 Å². The largest absolute Gasteiger partial charge is 0.496 e. The Morgan fingerprint density at radius 3 is 2.19 bits per heavy atom. The predicted octanol–water partition coefficient (Wildman–Crippen LogP) is 6.10. The van der Waals surface area contributed by atoms with Crippen molar-refractivity contribution in [2.24, 2.45) is 0 Å². The van der Waals surface area contributed by atoms with Crippen LogP contribution in [-0.4, -0.2) is 14.2 Å². The van der Waals surface area contributed by atoms with Gasteiger partial charge in [-0.2, -0.15) is 0 Å². The van der Waals surface area contributed by atoms with Crippen molar-refractivity contribution < 1.29 is 9.47 Å². The average Bonchev–Trinajstić information content (AvgIpc) is 2.49. The fourth-order valence-electron chi connectivity index (χ4n) is 1.93. The van der Waals surface area contributed by atoms with Gasteiger partial charge in [-0.25, -0.2) is 0 Å². The lowest BCUT2D eigenvalue weighted by atomic mass is 10.0. The van der Waals surface area contributed by atoms with Crippen LogP contribution >= 0.6 is 50.7 Å². The molecule has 0 aliphatic heterocycles. The zero-order valence-electron chi connectivity index (χ0n) is 11.3. The Morgan fingerprint density at radius 1 is 0.952 bits per heavy atom. The Kier molecular flexibility index (Phi) is 5.67. The molecule has 6 heteroatoms. The lowest BCUT2D eigenvalue weighted by Gasteiger charge is -2.17. The van der Waals surface area contributed by atoms with Crippen molar-refractivity contribution in [3.05, 3.63) is 56.0 Å². The highest BCUT2D eigenvalue weighted by Crippen LogP contribution is 2.41. The molecule has 21 heavy (non-hydrogen) atoms. The predicted molar refractivity (Wildman–Crippen MR) is 91.4 cm³/mol. The van der Waals surface area contributed by atoms with Crippen molar-refractivity contribution >= 4 is 50.7 Å². The first kappa shape index (κ1) is 16.8. The first-order chi connectivity index (χ1) is 9.97. The summed E-state index contributed by atoms with van der Waals surface area (Å²) in [6.45, 7) is 0. The second-order valence-electron chi connectivity index (χ2n) is 4.26. The average molecular weight is 411 g/mol. The Bertz CT molecular complexity index is 662. The highest BCUT2D eigenvalue weighted by Gasteiger charge is 2.19. The van der Waals surface area contributed by atoms with Crippen LogP contribution in [0.4, 0.5) is 0 Å². The van der Waals surface area contributed by atoms with Gasteiger partial charge in [0.05, 0.1) is 34.1 Å². The summed E-state index contributed by atoms with van der Waals surface area (Å²) in [6.07, 6.45) is 0. The monoisotopic (exact) mass is 408 g/mol. The number of methoxy groups -OCH3 is 2.